The third kappa shape index (κ3) is 4.98. The van der Waals surface area contributed by atoms with Gasteiger partial charge in [-0.25, -0.2) is 0 Å². The average Bonchev–Trinajstić information content (AvgIpc) is 3.04. The number of nitrogens with one attached hydrogen (secondary N) is 2. The SMILES string of the molecule is COCCNCCNC(=O)c1ccccc1Cn1cccn1. The molecule has 1 aromatic carbocycles. The summed E-state index contributed by atoms with van der Waals surface area (Å²) in [6, 6.07) is 9.47. The standard InChI is InChI=1S/C16H22N4O2/c1-22-12-10-17-8-9-18-16(21)15-6-3-2-5-14(15)13-20-11-4-7-19-20/h2-7,11,17H,8-10,12-13H2,1H3,(H,18,21). The number of rotatable bonds is 9. The molecule has 0 spiro atoms. The van der Waals surface area contributed by atoms with E-state index in [1.165, 1.54) is 0 Å². The number of aromatic nitrogens is 2. The van der Waals surface area contributed by atoms with Crippen LogP contribution in [0.3, 0.4) is 0 Å². The molecule has 0 saturated heterocycles. The topological polar surface area (TPSA) is 68.2 Å². The maximum absolute atomic E-state index is 12.3. The molecular formula is C16H22N4O2. The average molecular weight is 302 g/mol. The van der Waals surface area contributed by atoms with E-state index in [-0.39, 0.29) is 5.91 Å². The zero-order valence-electron chi connectivity index (χ0n) is 12.8. The molecule has 0 saturated carbocycles. The maximum Gasteiger partial charge on any atom is 0.251 e. The molecule has 2 N–H and O–H groups in total. The van der Waals surface area contributed by atoms with Crippen molar-refractivity contribution < 1.29 is 9.53 Å². The molecule has 0 radical (unpaired) electrons. The Balaban J connectivity index is 1.86. The number of ether oxygens (including phenoxy) is 1. The Hall–Kier alpha value is -2.18. The second kappa shape index (κ2) is 8.96. The zero-order chi connectivity index (χ0) is 15.6. The lowest BCUT2D eigenvalue weighted by molar-refractivity contribution is 0.0952. The first-order valence-electron chi connectivity index (χ1n) is 7.34. The van der Waals surface area contributed by atoms with Gasteiger partial charge in [0.05, 0.1) is 13.2 Å². The van der Waals surface area contributed by atoms with Crippen LogP contribution in [0.4, 0.5) is 0 Å². The van der Waals surface area contributed by atoms with Crippen LogP contribution < -0.4 is 10.6 Å². The summed E-state index contributed by atoms with van der Waals surface area (Å²) in [7, 11) is 1.67. The third-order valence-electron chi connectivity index (χ3n) is 3.22. The van der Waals surface area contributed by atoms with Crippen LogP contribution in [0, 0.1) is 0 Å². The smallest absolute Gasteiger partial charge is 0.251 e. The molecule has 0 aliphatic heterocycles. The summed E-state index contributed by atoms with van der Waals surface area (Å²) in [6.45, 7) is 3.33. The van der Waals surface area contributed by atoms with Crippen LogP contribution in [-0.2, 0) is 11.3 Å². The van der Waals surface area contributed by atoms with E-state index in [4.69, 9.17) is 4.74 Å². The van der Waals surface area contributed by atoms with Gasteiger partial charge in [-0.05, 0) is 17.7 Å². The fourth-order valence-corrected chi connectivity index (χ4v) is 2.11. The van der Waals surface area contributed by atoms with Crippen LogP contribution in [-0.4, -0.2) is 49.0 Å². The van der Waals surface area contributed by atoms with Crippen molar-refractivity contribution in [1.82, 2.24) is 20.4 Å². The van der Waals surface area contributed by atoms with Gasteiger partial charge >= 0.3 is 0 Å². The molecule has 2 aromatic rings. The third-order valence-corrected chi connectivity index (χ3v) is 3.22. The van der Waals surface area contributed by atoms with Gasteiger partial charge in [0.25, 0.3) is 5.91 Å². The summed E-state index contributed by atoms with van der Waals surface area (Å²) in [5, 5.41) is 10.3. The quantitative estimate of drug-likeness (QED) is 0.675. The van der Waals surface area contributed by atoms with Crippen molar-refractivity contribution >= 4 is 5.91 Å². The molecule has 6 nitrogen and oxygen atoms in total. The van der Waals surface area contributed by atoms with E-state index in [1.54, 1.807) is 18.0 Å². The van der Waals surface area contributed by atoms with Crippen LogP contribution in [0.1, 0.15) is 15.9 Å². The second-order valence-electron chi connectivity index (χ2n) is 4.86. The van der Waals surface area contributed by atoms with Gasteiger partial charge < -0.3 is 15.4 Å². The van der Waals surface area contributed by atoms with Crippen LogP contribution in [0.25, 0.3) is 0 Å². The van der Waals surface area contributed by atoms with Gasteiger partial charge in [-0.15, -0.1) is 0 Å². The molecule has 0 unspecified atom stereocenters. The Morgan fingerprint density at radius 2 is 2.09 bits per heavy atom. The van der Waals surface area contributed by atoms with Gasteiger partial charge in [0, 0.05) is 44.7 Å². The molecular weight excluding hydrogens is 280 g/mol. The van der Waals surface area contributed by atoms with Crippen molar-refractivity contribution in [3.63, 3.8) is 0 Å². The van der Waals surface area contributed by atoms with Gasteiger partial charge in [-0.2, -0.15) is 5.10 Å². The molecule has 1 heterocycles. The normalized spacial score (nSPS) is 10.6. The van der Waals surface area contributed by atoms with Crippen molar-refractivity contribution in [3.8, 4) is 0 Å². The van der Waals surface area contributed by atoms with Crippen LogP contribution in [0.5, 0.6) is 0 Å². The molecule has 118 valence electrons. The van der Waals surface area contributed by atoms with Gasteiger partial charge in [0.1, 0.15) is 0 Å². The fourth-order valence-electron chi connectivity index (χ4n) is 2.11. The lowest BCUT2D eigenvalue weighted by atomic mass is 10.1. The lowest BCUT2D eigenvalue weighted by Gasteiger charge is -2.11. The Morgan fingerprint density at radius 3 is 2.86 bits per heavy atom. The highest BCUT2D eigenvalue weighted by atomic mass is 16.5. The zero-order valence-corrected chi connectivity index (χ0v) is 12.8. The monoisotopic (exact) mass is 302 g/mol. The van der Waals surface area contributed by atoms with Crippen LogP contribution in [0.2, 0.25) is 0 Å². The minimum atomic E-state index is -0.0590. The molecule has 1 aromatic heterocycles. The van der Waals surface area contributed by atoms with E-state index in [9.17, 15) is 4.79 Å². The van der Waals surface area contributed by atoms with Crippen molar-refractivity contribution in [2.24, 2.45) is 0 Å². The minimum Gasteiger partial charge on any atom is -0.383 e. The van der Waals surface area contributed by atoms with Gasteiger partial charge in [-0.1, -0.05) is 18.2 Å². The molecule has 0 bridgehead atoms. The molecule has 0 atom stereocenters. The van der Waals surface area contributed by atoms with Crippen LogP contribution >= 0.6 is 0 Å². The highest BCUT2D eigenvalue weighted by Gasteiger charge is 2.10. The maximum atomic E-state index is 12.3. The molecule has 2 rings (SSSR count). The summed E-state index contributed by atoms with van der Waals surface area (Å²) >= 11 is 0. The van der Waals surface area contributed by atoms with E-state index in [1.807, 2.05) is 36.5 Å². The molecule has 22 heavy (non-hydrogen) atoms. The largest absolute Gasteiger partial charge is 0.383 e. The molecule has 0 aliphatic carbocycles. The Labute approximate surface area is 130 Å². The number of hydrogen-bond acceptors (Lipinski definition) is 4. The summed E-state index contributed by atoms with van der Waals surface area (Å²) in [5.41, 5.74) is 1.64. The van der Waals surface area contributed by atoms with Crippen molar-refractivity contribution in [2.45, 2.75) is 6.54 Å². The van der Waals surface area contributed by atoms with E-state index in [0.717, 1.165) is 18.7 Å². The van der Waals surface area contributed by atoms with Gasteiger partial charge in [-0.3, -0.25) is 9.48 Å². The van der Waals surface area contributed by atoms with E-state index >= 15 is 0 Å². The summed E-state index contributed by atoms with van der Waals surface area (Å²) < 4.78 is 6.75. The van der Waals surface area contributed by atoms with Crippen molar-refractivity contribution in [3.05, 3.63) is 53.9 Å². The number of carbonyl (C=O) groups excluding carboxylic acids is 1. The first kappa shape index (κ1) is 16.2. The predicted molar refractivity (Wildman–Crippen MR) is 84.8 cm³/mol. The fraction of sp³-hybridized carbons (Fsp3) is 0.375. The number of nitrogens with zero attached hydrogens (tertiary/aromatic N) is 2. The second-order valence-corrected chi connectivity index (χ2v) is 4.86. The Kier molecular flexibility index (Phi) is 6.60. The molecule has 1 amide bonds. The first-order valence-corrected chi connectivity index (χ1v) is 7.34. The Bertz CT molecular complexity index is 569. The number of amides is 1. The number of methoxy groups -OCH3 is 1. The summed E-state index contributed by atoms with van der Waals surface area (Å²) in [6.07, 6.45) is 3.61. The minimum absolute atomic E-state index is 0.0590. The van der Waals surface area contributed by atoms with E-state index < -0.39 is 0 Å². The predicted octanol–water partition coefficient (Wildman–Crippen LogP) is 0.897. The van der Waals surface area contributed by atoms with E-state index in [0.29, 0.717) is 25.3 Å². The number of carbonyl (C=O) groups is 1. The highest BCUT2D eigenvalue weighted by molar-refractivity contribution is 5.95. The summed E-state index contributed by atoms with van der Waals surface area (Å²) in [4.78, 5) is 12.3. The molecule has 0 fully saturated rings. The summed E-state index contributed by atoms with van der Waals surface area (Å²) in [5.74, 6) is -0.0590. The van der Waals surface area contributed by atoms with Gasteiger partial charge in [0.15, 0.2) is 0 Å². The van der Waals surface area contributed by atoms with Crippen molar-refractivity contribution in [2.75, 3.05) is 33.4 Å². The number of hydrogen-bond donors (Lipinski definition) is 2. The first-order chi connectivity index (χ1) is 10.8. The van der Waals surface area contributed by atoms with Crippen LogP contribution in [0.15, 0.2) is 42.7 Å². The van der Waals surface area contributed by atoms with Crippen molar-refractivity contribution in [1.29, 1.82) is 0 Å². The Morgan fingerprint density at radius 1 is 1.23 bits per heavy atom. The number of benzene rings is 1. The molecule has 6 heteroatoms. The molecule has 0 aliphatic rings. The highest BCUT2D eigenvalue weighted by Crippen LogP contribution is 2.10. The van der Waals surface area contributed by atoms with E-state index in [2.05, 4.69) is 15.7 Å². The lowest BCUT2D eigenvalue weighted by Crippen LogP contribution is -2.33. The van der Waals surface area contributed by atoms with Gasteiger partial charge in [0.2, 0.25) is 0 Å².